The second kappa shape index (κ2) is 36.2. The fourth-order valence-corrected chi connectivity index (χ4v) is 9.26. The van der Waals surface area contributed by atoms with Gasteiger partial charge in [-0.3, -0.25) is 53.2 Å². The number of anilines is 1. The SMILES string of the molecule is CCC(=O)NCCNC(=O)/N=C(/N)NCCC[C@@H](NC(=O)C(C)c1ccc(NCCCNC(=O)[C@H]2CC[C@H](CNCN3CCN(CC(=O)O)CCN(CC(=O)O)CCN(CC(=O)O)CC3)CC2)cc1)C(=O)NCc1ccc(O)cc1. The summed E-state index contributed by atoms with van der Waals surface area (Å²) in [6, 6.07) is 12.3. The number of hydrogen-bond donors (Lipinski definition) is 13. The standard InChI is InChI=1S/C54H86N14O12/c1-3-46(70)58-22-23-61-54(80)64-53(55)60-19-4-6-45(52(79)62-33-40-9-17-44(69)18-10-40)63-50(77)38(2)41-13-15-43(16-14-41)57-20-5-21-59-51(78)42-11-7-39(8-12-42)32-56-37-68-30-28-66(35-48(73)74)26-24-65(34-47(71)72)25-27-67(29-31-68)36-49(75)76/h9-10,13-18,38-39,42,45,56-57,69H,3-8,11-12,19-37H2,1-2H3,(H,58,70)(H,59,78)(H,62,79)(H,63,77)(H,71,72)(H,73,74)(H,75,76)(H4,55,60,61,64,80)/t38?,39-,42-,45-/m1/s1. The van der Waals surface area contributed by atoms with Crippen molar-refractivity contribution in [2.24, 2.45) is 22.6 Å². The number of nitrogens with zero attached hydrogens (tertiary/aromatic N) is 5. The fourth-order valence-electron chi connectivity index (χ4n) is 9.26. The zero-order valence-electron chi connectivity index (χ0n) is 46.4. The van der Waals surface area contributed by atoms with Crippen molar-refractivity contribution in [2.75, 3.05) is 123 Å². The molecule has 0 bridgehead atoms. The Hall–Kier alpha value is -7.13. The van der Waals surface area contributed by atoms with Crippen molar-refractivity contribution in [2.45, 2.75) is 83.7 Å². The molecule has 26 nitrogen and oxygen atoms in total. The molecule has 1 unspecified atom stereocenters. The lowest BCUT2D eigenvalue weighted by Gasteiger charge is -2.33. The molecule has 1 aliphatic heterocycles. The zero-order chi connectivity index (χ0) is 58.2. The Morgan fingerprint density at radius 3 is 1.75 bits per heavy atom. The van der Waals surface area contributed by atoms with Crippen LogP contribution < -0.4 is 48.3 Å². The lowest BCUT2D eigenvalue weighted by atomic mass is 9.81. The summed E-state index contributed by atoms with van der Waals surface area (Å²) in [7, 11) is 0. The number of aromatic hydroxyl groups is 1. The maximum absolute atomic E-state index is 13.6. The Morgan fingerprint density at radius 1 is 0.637 bits per heavy atom. The molecule has 2 aromatic rings. The molecule has 1 aliphatic carbocycles. The van der Waals surface area contributed by atoms with Gasteiger partial charge in [0.05, 0.1) is 25.6 Å². The molecule has 1 heterocycles. The molecule has 26 heteroatoms. The Balaban J connectivity index is 1.16. The van der Waals surface area contributed by atoms with Crippen molar-refractivity contribution in [3.63, 3.8) is 0 Å². The number of carboxylic acid groups (broad SMARTS) is 3. The van der Waals surface area contributed by atoms with E-state index in [0.717, 1.165) is 49.0 Å². The van der Waals surface area contributed by atoms with Gasteiger partial charge in [-0.1, -0.05) is 31.2 Å². The van der Waals surface area contributed by atoms with Gasteiger partial charge in [-0.05, 0) is 99.7 Å². The molecular formula is C54H86N14O12. The molecular weight excluding hydrogens is 1040 g/mol. The van der Waals surface area contributed by atoms with Crippen LogP contribution in [0.5, 0.6) is 5.75 Å². The number of aliphatic carboxylic acids is 3. The lowest BCUT2D eigenvalue weighted by Crippen LogP contribution is -2.50. The van der Waals surface area contributed by atoms with Crippen molar-refractivity contribution in [3.8, 4) is 5.75 Å². The molecule has 2 fully saturated rings. The van der Waals surface area contributed by atoms with E-state index in [1.165, 1.54) is 12.1 Å². The highest BCUT2D eigenvalue weighted by Gasteiger charge is 2.28. The van der Waals surface area contributed by atoms with E-state index < -0.39 is 41.8 Å². The molecule has 14 N–H and O–H groups in total. The van der Waals surface area contributed by atoms with Crippen LogP contribution in [0.1, 0.15) is 82.3 Å². The highest BCUT2D eigenvalue weighted by Crippen LogP contribution is 2.28. The van der Waals surface area contributed by atoms with Gasteiger partial charge in [0.2, 0.25) is 23.6 Å². The van der Waals surface area contributed by atoms with Gasteiger partial charge in [-0.15, -0.1) is 0 Å². The number of aliphatic imine (C=N–C) groups is 1. The molecule has 2 aliphatic rings. The van der Waals surface area contributed by atoms with Crippen LogP contribution in [0, 0.1) is 11.8 Å². The molecule has 0 radical (unpaired) electrons. The fraction of sp³-hybridized carbons (Fsp3) is 0.611. The maximum Gasteiger partial charge on any atom is 0.344 e. The number of benzene rings is 2. The summed E-state index contributed by atoms with van der Waals surface area (Å²) >= 11 is 0. The number of carboxylic acids is 3. The third-order valence-electron chi connectivity index (χ3n) is 14.1. The van der Waals surface area contributed by atoms with Crippen LogP contribution in [0.4, 0.5) is 10.5 Å². The van der Waals surface area contributed by atoms with Gasteiger partial charge in [0.15, 0.2) is 5.96 Å². The first-order chi connectivity index (χ1) is 38.4. The molecule has 4 rings (SSSR count). The Kier molecular flexibility index (Phi) is 29.6. The first-order valence-electron chi connectivity index (χ1n) is 27.7. The second-order valence-corrected chi connectivity index (χ2v) is 20.3. The Bertz CT molecular complexity index is 2270. The van der Waals surface area contributed by atoms with Crippen LogP contribution >= 0.6 is 0 Å². The predicted octanol–water partition coefficient (Wildman–Crippen LogP) is -0.0357. The summed E-state index contributed by atoms with van der Waals surface area (Å²) in [6.07, 6.45) is 4.98. The van der Waals surface area contributed by atoms with Crippen LogP contribution in [0.15, 0.2) is 53.5 Å². The first kappa shape index (κ1) is 65.4. The third-order valence-corrected chi connectivity index (χ3v) is 14.1. The minimum Gasteiger partial charge on any atom is -0.508 e. The molecule has 444 valence electrons. The van der Waals surface area contributed by atoms with Crippen molar-refractivity contribution in [1.82, 2.24) is 56.8 Å². The molecule has 1 saturated heterocycles. The Morgan fingerprint density at radius 2 is 1.19 bits per heavy atom. The maximum atomic E-state index is 13.6. The number of rotatable bonds is 30. The van der Waals surface area contributed by atoms with E-state index in [1.807, 2.05) is 24.3 Å². The molecule has 2 atom stereocenters. The number of guanidine groups is 1. The first-order valence-corrected chi connectivity index (χ1v) is 27.7. The van der Waals surface area contributed by atoms with Gasteiger partial charge in [-0.2, -0.15) is 4.99 Å². The minimum absolute atomic E-state index is 0.0489. The van der Waals surface area contributed by atoms with Crippen LogP contribution in [-0.2, 0) is 40.1 Å². The van der Waals surface area contributed by atoms with Gasteiger partial charge in [0, 0.05) is 116 Å². The van der Waals surface area contributed by atoms with Gasteiger partial charge >= 0.3 is 23.9 Å². The molecule has 0 spiro atoms. The number of amides is 6. The van der Waals surface area contributed by atoms with Crippen LogP contribution in [0.2, 0.25) is 0 Å². The quantitative estimate of drug-likeness (QED) is 0.0277. The summed E-state index contributed by atoms with van der Waals surface area (Å²) in [5.41, 5.74) is 8.22. The summed E-state index contributed by atoms with van der Waals surface area (Å²) in [5.74, 6) is -4.10. The zero-order valence-corrected chi connectivity index (χ0v) is 46.4. The number of carbonyl (C=O) groups is 8. The van der Waals surface area contributed by atoms with E-state index in [4.69, 9.17) is 5.73 Å². The molecule has 6 amide bonds. The summed E-state index contributed by atoms with van der Waals surface area (Å²) in [6.45, 7) is 9.53. The summed E-state index contributed by atoms with van der Waals surface area (Å²) in [4.78, 5) is 110. The highest BCUT2D eigenvalue weighted by atomic mass is 16.4. The minimum atomic E-state index is -1.00. The number of phenolic OH excluding ortho intramolecular Hbond substituents is 1. The number of phenols is 1. The number of nitrogens with two attached hydrogens (primary N) is 1. The average Bonchev–Trinajstić information content (AvgIpc) is 3.43. The molecule has 0 aromatic heterocycles. The Labute approximate surface area is 468 Å². The van der Waals surface area contributed by atoms with E-state index in [9.17, 15) is 58.8 Å². The van der Waals surface area contributed by atoms with Crippen molar-refractivity contribution < 1.29 is 58.8 Å². The van der Waals surface area contributed by atoms with Gasteiger partial charge in [0.1, 0.15) is 11.8 Å². The lowest BCUT2D eigenvalue weighted by molar-refractivity contribution is -0.140. The molecule has 80 heavy (non-hydrogen) atoms. The van der Waals surface area contributed by atoms with Crippen LogP contribution in [0.3, 0.4) is 0 Å². The third kappa shape index (κ3) is 26.7. The van der Waals surface area contributed by atoms with E-state index in [0.29, 0.717) is 97.3 Å². The van der Waals surface area contributed by atoms with E-state index in [1.54, 1.807) is 40.7 Å². The molecule has 2 aromatic carbocycles. The average molecular weight is 1120 g/mol. The monoisotopic (exact) mass is 1120 g/mol. The predicted molar refractivity (Wildman–Crippen MR) is 301 cm³/mol. The summed E-state index contributed by atoms with van der Waals surface area (Å²) < 4.78 is 0. The highest BCUT2D eigenvalue weighted by molar-refractivity contribution is 5.92. The number of carbonyl (C=O) groups excluding carboxylic acids is 5. The molecule has 1 saturated carbocycles. The topological polar surface area (TPSA) is 365 Å². The van der Waals surface area contributed by atoms with E-state index in [-0.39, 0.29) is 87.6 Å². The van der Waals surface area contributed by atoms with Crippen LogP contribution in [0.25, 0.3) is 0 Å². The summed E-state index contributed by atoms with van der Waals surface area (Å²) in [5, 5.41) is 61.9. The van der Waals surface area contributed by atoms with Gasteiger partial charge < -0.3 is 68.7 Å². The van der Waals surface area contributed by atoms with E-state index >= 15 is 0 Å². The van der Waals surface area contributed by atoms with Gasteiger partial charge in [-0.25, -0.2) is 4.79 Å². The van der Waals surface area contributed by atoms with Gasteiger partial charge in [0.25, 0.3) is 0 Å². The van der Waals surface area contributed by atoms with E-state index in [2.05, 4.69) is 52.4 Å². The van der Waals surface area contributed by atoms with Crippen molar-refractivity contribution in [3.05, 3.63) is 59.7 Å². The largest absolute Gasteiger partial charge is 0.508 e. The number of urea groups is 1. The smallest absolute Gasteiger partial charge is 0.344 e. The van der Waals surface area contributed by atoms with Crippen LogP contribution in [-0.4, -0.2) is 218 Å². The second-order valence-electron chi connectivity index (χ2n) is 20.3. The van der Waals surface area contributed by atoms with Crippen molar-refractivity contribution >= 4 is 59.2 Å². The number of hydrogen-bond acceptors (Lipinski definition) is 15. The van der Waals surface area contributed by atoms with Crippen molar-refractivity contribution in [1.29, 1.82) is 0 Å². The normalized spacial score (nSPS) is 18.0. The number of nitrogens with one attached hydrogen (secondary N) is 8.